The van der Waals surface area contributed by atoms with Crippen LogP contribution in [0.15, 0.2) is 31.8 Å². The Morgan fingerprint density at radius 1 is 1.33 bits per heavy atom. The molecule has 0 radical (unpaired) electrons. The molecule has 4 heterocycles. The van der Waals surface area contributed by atoms with Crippen molar-refractivity contribution in [3.05, 3.63) is 40.2 Å². The monoisotopic (exact) mass is 344 g/mol. The van der Waals surface area contributed by atoms with Crippen molar-refractivity contribution in [1.82, 2.24) is 20.3 Å². The minimum atomic E-state index is -0.0882. The lowest BCUT2D eigenvalue weighted by atomic mass is 9.96. The number of rotatable bonds is 3. The highest BCUT2D eigenvalue weighted by Crippen LogP contribution is 2.30. The van der Waals surface area contributed by atoms with Crippen LogP contribution in [-0.2, 0) is 0 Å². The number of piperidine rings is 1. The highest BCUT2D eigenvalue weighted by atomic mass is 32.1. The second-order valence-electron chi connectivity index (χ2n) is 5.85. The average Bonchev–Trinajstić information content (AvgIpc) is 3.35. The summed E-state index contributed by atoms with van der Waals surface area (Å²) in [5.74, 6) is 1.95. The first-order valence-electron chi connectivity index (χ1n) is 7.79. The summed E-state index contributed by atoms with van der Waals surface area (Å²) in [6.45, 7) is 3.06. The standard InChI is InChI=1S/C16H16N4O3S/c1-10-8-13(19-23-10)16(21)20-5-2-11(3-6-20)14-17-18-15(22-14)12-4-7-24-9-12/h4,7-9,11H,2-3,5-6H2,1H3. The Bertz CT molecular complexity index is 831. The zero-order valence-electron chi connectivity index (χ0n) is 13.1. The van der Waals surface area contributed by atoms with Crippen molar-refractivity contribution in [3.63, 3.8) is 0 Å². The van der Waals surface area contributed by atoms with Crippen LogP contribution in [0.25, 0.3) is 11.5 Å². The van der Waals surface area contributed by atoms with E-state index in [9.17, 15) is 4.79 Å². The SMILES string of the molecule is Cc1cc(C(=O)N2CCC(c3nnc(-c4ccsc4)o3)CC2)no1. The van der Waals surface area contributed by atoms with Crippen LogP contribution in [0, 0.1) is 6.92 Å². The van der Waals surface area contributed by atoms with Gasteiger partial charge in [0.05, 0.1) is 0 Å². The van der Waals surface area contributed by atoms with E-state index in [-0.39, 0.29) is 11.8 Å². The topological polar surface area (TPSA) is 85.3 Å². The Balaban J connectivity index is 1.40. The van der Waals surface area contributed by atoms with E-state index in [4.69, 9.17) is 8.94 Å². The van der Waals surface area contributed by atoms with Gasteiger partial charge in [0.25, 0.3) is 5.91 Å². The molecule has 1 amide bonds. The number of hydrogen-bond donors (Lipinski definition) is 0. The lowest BCUT2D eigenvalue weighted by Crippen LogP contribution is -2.38. The molecular weight excluding hydrogens is 328 g/mol. The molecule has 3 aromatic heterocycles. The van der Waals surface area contributed by atoms with Gasteiger partial charge in [-0.2, -0.15) is 11.3 Å². The van der Waals surface area contributed by atoms with E-state index in [1.54, 1.807) is 29.2 Å². The van der Waals surface area contributed by atoms with Crippen molar-refractivity contribution in [2.45, 2.75) is 25.7 Å². The van der Waals surface area contributed by atoms with Gasteiger partial charge in [-0.25, -0.2) is 0 Å². The molecule has 1 fully saturated rings. The van der Waals surface area contributed by atoms with Crippen molar-refractivity contribution in [1.29, 1.82) is 0 Å². The first-order chi connectivity index (χ1) is 11.7. The number of hydrogen-bond acceptors (Lipinski definition) is 7. The molecule has 3 aromatic rings. The van der Waals surface area contributed by atoms with E-state index in [0.29, 0.717) is 36.3 Å². The van der Waals surface area contributed by atoms with Gasteiger partial charge in [-0.1, -0.05) is 5.16 Å². The summed E-state index contributed by atoms with van der Waals surface area (Å²) in [6.07, 6.45) is 1.60. The Labute approximate surface area is 142 Å². The molecule has 0 aromatic carbocycles. The Morgan fingerprint density at radius 2 is 2.17 bits per heavy atom. The first-order valence-corrected chi connectivity index (χ1v) is 8.73. The number of amides is 1. The van der Waals surface area contributed by atoms with Crippen LogP contribution in [-0.4, -0.2) is 39.3 Å². The average molecular weight is 344 g/mol. The molecule has 1 aliphatic heterocycles. The lowest BCUT2D eigenvalue weighted by molar-refractivity contribution is 0.0696. The number of carbonyl (C=O) groups excluding carboxylic acids is 1. The lowest BCUT2D eigenvalue weighted by Gasteiger charge is -2.29. The van der Waals surface area contributed by atoms with Crippen LogP contribution >= 0.6 is 11.3 Å². The van der Waals surface area contributed by atoms with Gasteiger partial charge in [0, 0.05) is 36.0 Å². The van der Waals surface area contributed by atoms with Crippen LogP contribution in [0.4, 0.5) is 0 Å². The second kappa shape index (κ2) is 6.20. The molecule has 24 heavy (non-hydrogen) atoms. The van der Waals surface area contributed by atoms with Crippen LogP contribution < -0.4 is 0 Å². The van der Waals surface area contributed by atoms with E-state index >= 15 is 0 Å². The predicted octanol–water partition coefficient (Wildman–Crippen LogP) is 3.11. The van der Waals surface area contributed by atoms with Crippen molar-refractivity contribution in [3.8, 4) is 11.5 Å². The first kappa shape index (κ1) is 15.1. The number of aryl methyl sites for hydroxylation is 1. The summed E-state index contributed by atoms with van der Waals surface area (Å²) in [7, 11) is 0. The molecule has 1 saturated heterocycles. The summed E-state index contributed by atoms with van der Waals surface area (Å²) >= 11 is 1.60. The number of carbonyl (C=O) groups is 1. The minimum Gasteiger partial charge on any atom is -0.420 e. The number of nitrogens with zero attached hydrogens (tertiary/aromatic N) is 4. The van der Waals surface area contributed by atoms with Crippen molar-refractivity contribution < 1.29 is 13.7 Å². The van der Waals surface area contributed by atoms with Gasteiger partial charge in [0.2, 0.25) is 11.8 Å². The van der Waals surface area contributed by atoms with Crippen molar-refractivity contribution in [2.75, 3.05) is 13.1 Å². The molecule has 0 bridgehead atoms. The highest BCUT2D eigenvalue weighted by Gasteiger charge is 2.29. The smallest absolute Gasteiger partial charge is 0.276 e. The number of likely N-dealkylation sites (tertiary alicyclic amines) is 1. The molecule has 0 spiro atoms. The highest BCUT2D eigenvalue weighted by molar-refractivity contribution is 7.08. The Kier molecular flexibility index (Phi) is 3.89. The van der Waals surface area contributed by atoms with Crippen LogP contribution in [0.5, 0.6) is 0 Å². The normalized spacial score (nSPS) is 15.8. The molecule has 0 atom stereocenters. The molecule has 124 valence electrons. The van der Waals surface area contributed by atoms with E-state index in [1.807, 2.05) is 16.8 Å². The molecule has 0 N–H and O–H groups in total. The third-order valence-electron chi connectivity index (χ3n) is 4.19. The predicted molar refractivity (Wildman–Crippen MR) is 86.7 cm³/mol. The molecule has 4 rings (SSSR count). The quantitative estimate of drug-likeness (QED) is 0.726. The van der Waals surface area contributed by atoms with Gasteiger partial charge >= 0.3 is 0 Å². The largest absolute Gasteiger partial charge is 0.420 e. The molecule has 0 unspecified atom stereocenters. The third-order valence-corrected chi connectivity index (χ3v) is 4.87. The van der Waals surface area contributed by atoms with Crippen LogP contribution in [0.2, 0.25) is 0 Å². The molecule has 1 aliphatic rings. The molecule has 7 nitrogen and oxygen atoms in total. The Morgan fingerprint density at radius 3 is 2.83 bits per heavy atom. The maximum absolute atomic E-state index is 12.4. The van der Waals surface area contributed by atoms with Gasteiger partial charge in [-0.05, 0) is 31.2 Å². The number of thiophene rings is 1. The van der Waals surface area contributed by atoms with Gasteiger partial charge in [0.15, 0.2) is 5.69 Å². The fraction of sp³-hybridized carbons (Fsp3) is 0.375. The molecule has 0 saturated carbocycles. The van der Waals surface area contributed by atoms with E-state index in [2.05, 4.69) is 15.4 Å². The second-order valence-corrected chi connectivity index (χ2v) is 6.63. The zero-order valence-corrected chi connectivity index (χ0v) is 14.0. The summed E-state index contributed by atoms with van der Waals surface area (Å²) < 4.78 is 10.8. The number of aromatic nitrogens is 3. The van der Waals surface area contributed by atoms with Crippen LogP contribution in [0.1, 0.15) is 40.9 Å². The fourth-order valence-corrected chi connectivity index (χ4v) is 3.49. The van der Waals surface area contributed by atoms with E-state index in [0.717, 1.165) is 18.4 Å². The minimum absolute atomic E-state index is 0.0882. The van der Waals surface area contributed by atoms with Gasteiger partial charge in [0.1, 0.15) is 5.76 Å². The van der Waals surface area contributed by atoms with Gasteiger partial charge in [-0.15, -0.1) is 10.2 Å². The molecule has 0 aliphatic carbocycles. The maximum Gasteiger partial charge on any atom is 0.276 e. The summed E-state index contributed by atoms with van der Waals surface area (Å²) in [5.41, 5.74) is 1.32. The van der Waals surface area contributed by atoms with E-state index in [1.165, 1.54) is 0 Å². The van der Waals surface area contributed by atoms with Crippen molar-refractivity contribution in [2.24, 2.45) is 0 Å². The summed E-state index contributed by atoms with van der Waals surface area (Å²) in [6, 6.07) is 3.63. The third kappa shape index (κ3) is 2.84. The van der Waals surface area contributed by atoms with Gasteiger partial charge < -0.3 is 13.8 Å². The summed E-state index contributed by atoms with van der Waals surface area (Å²) in [4.78, 5) is 14.2. The van der Waals surface area contributed by atoms with Gasteiger partial charge in [-0.3, -0.25) is 4.79 Å². The van der Waals surface area contributed by atoms with Crippen molar-refractivity contribution >= 4 is 17.2 Å². The van der Waals surface area contributed by atoms with Crippen LogP contribution in [0.3, 0.4) is 0 Å². The molecule has 8 heteroatoms. The maximum atomic E-state index is 12.4. The Hall–Kier alpha value is -2.48. The molecular formula is C16H16N4O3S. The summed E-state index contributed by atoms with van der Waals surface area (Å²) in [5, 5.41) is 16.1. The van der Waals surface area contributed by atoms with E-state index < -0.39 is 0 Å². The fourth-order valence-electron chi connectivity index (χ4n) is 2.86. The zero-order chi connectivity index (χ0) is 16.5.